The Bertz CT molecular complexity index is 1200. The molecule has 0 amide bonds. The number of nitrogens with two attached hydrogens (primary N) is 2. The number of pyridine rings is 1. The normalized spacial score (nSPS) is 15.0. The highest BCUT2D eigenvalue weighted by Crippen LogP contribution is 2.19. The van der Waals surface area contributed by atoms with Crippen LogP contribution in [0, 0.1) is 0 Å². The van der Waals surface area contributed by atoms with Gasteiger partial charge in [0.05, 0.1) is 20.3 Å². The van der Waals surface area contributed by atoms with Gasteiger partial charge in [-0.2, -0.15) is 15.0 Å². The van der Waals surface area contributed by atoms with E-state index < -0.39 is 0 Å². The third-order valence-corrected chi connectivity index (χ3v) is 5.07. The van der Waals surface area contributed by atoms with Crippen molar-refractivity contribution in [2.45, 2.75) is 0 Å². The molecule has 10 heteroatoms. The molecule has 4 N–H and O–H groups in total. The average molecular weight is 459 g/mol. The quantitative estimate of drug-likeness (QED) is 0.511. The molecule has 0 radical (unpaired) electrons. The van der Waals surface area contributed by atoms with E-state index in [0.717, 1.165) is 16.9 Å². The molecule has 0 aliphatic carbocycles. The number of hydrogen-bond donors (Lipinski definition) is 2. The van der Waals surface area contributed by atoms with Crippen LogP contribution < -0.4 is 21.1 Å². The topological polar surface area (TPSA) is 138 Å². The van der Waals surface area contributed by atoms with Crippen molar-refractivity contribution in [1.29, 1.82) is 0 Å². The fraction of sp³-hybridized carbons (Fsp3) is 0.208. The molecule has 3 aromatic rings. The van der Waals surface area contributed by atoms with Gasteiger partial charge in [0.1, 0.15) is 5.75 Å². The number of methoxy groups -OCH3 is 1. The predicted molar refractivity (Wildman–Crippen MR) is 132 cm³/mol. The predicted octanol–water partition coefficient (Wildman–Crippen LogP) is 2.27. The van der Waals surface area contributed by atoms with E-state index in [1.165, 1.54) is 0 Å². The van der Waals surface area contributed by atoms with Gasteiger partial charge < -0.3 is 25.8 Å². The Balaban J connectivity index is 1.63. The maximum Gasteiger partial charge on any atom is 0.254 e. The molecule has 10 nitrogen and oxygen atoms in total. The third-order valence-electron chi connectivity index (χ3n) is 5.07. The number of aromatic nitrogens is 4. The number of rotatable bonds is 7. The second-order valence-electron chi connectivity index (χ2n) is 7.36. The number of benzene rings is 1. The van der Waals surface area contributed by atoms with E-state index in [4.69, 9.17) is 20.9 Å². The van der Waals surface area contributed by atoms with Gasteiger partial charge in [0.15, 0.2) is 5.82 Å². The smallest absolute Gasteiger partial charge is 0.254 e. The Kier molecular flexibility index (Phi) is 7.41. The molecule has 4 rings (SSSR count). The van der Waals surface area contributed by atoms with Crippen molar-refractivity contribution in [2.75, 3.05) is 38.3 Å². The second kappa shape index (κ2) is 11.0. The second-order valence-corrected chi connectivity index (χ2v) is 7.36. The van der Waals surface area contributed by atoms with E-state index in [1.54, 1.807) is 37.9 Å². The van der Waals surface area contributed by atoms with Crippen LogP contribution in [0.4, 0.5) is 11.9 Å². The number of anilines is 1. The summed E-state index contributed by atoms with van der Waals surface area (Å²) >= 11 is 0. The molecule has 0 saturated carbocycles. The number of hydrogen-bond acceptors (Lipinski definition) is 10. The van der Waals surface area contributed by atoms with Crippen molar-refractivity contribution in [1.82, 2.24) is 19.9 Å². The number of morpholine rings is 1. The van der Waals surface area contributed by atoms with Crippen molar-refractivity contribution >= 4 is 35.6 Å². The molecule has 3 heterocycles. The van der Waals surface area contributed by atoms with Crippen LogP contribution in [0.25, 0.3) is 17.5 Å². The van der Waals surface area contributed by atoms with Crippen LogP contribution >= 0.6 is 0 Å². The first kappa shape index (κ1) is 22.9. The van der Waals surface area contributed by atoms with Gasteiger partial charge in [-0.3, -0.25) is 4.98 Å². The summed E-state index contributed by atoms with van der Waals surface area (Å²) in [6, 6.07) is 11.1. The minimum absolute atomic E-state index is 0.250. The standard InChI is InChI=1S/C24H26N8O2/c1-33-19-4-2-3-18(15-19)20(25)7-10-28-23-29-22(16-21(26)17-5-8-27-9-6-17)30-24(31-23)32-11-13-34-14-12-32/h2-10,15-16H,11-14,25-26H2,1H3/b20-7-,21-16-,28-10+. The summed E-state index contributed by atoms with van der Waals surface area (Å²) in [5, 5.41) is 0. The summed E-state index contributed by atoms with van der Waals surface area (Å²) in [4.78, 5) is 24.0. The number of allylic oxidation sites excluding steroid dienone is 1. The highest BCUT2D eigenvalue weighted by molar-refractivity contribution is 5.84. The largest absolute Gasteiger partial charge is 0.497 e. The van der Waals surface area contributed by atoms with Gasteiger partial charge >= 0.3 is 0 Å². The lowest BCUT2D eigenvalue weighted by molar-refractivity contribution is 0.122. The molecule has 174 valence electrons. The van der Waals surface area contributed by atoms with E-state index in [-0.39, 0.29) is 5.95 Å². The molecule has 1 aromatic carbocycles. The highest BCUT2D eigenvalue weighted by atomic mass is 16.5. The first-order valence-corrected chi connectivity index (χ1v) is 10.7. The van der Waals surface area contributed by atoms with E-state index in [9.17, 15) is 0 Å². The van der Waals surface area contributed by atoms with Crippen molar-refractivity contribution < 1.29 is 9.47 Å². The van der Waals surface area contributed by atoms with E-state index in [1.807, 2.05) is 41.3 Å². The first-order chi connectivity index (χ1) is 16.6. The molecule has 0 bridgehead atoms. The molecular weight excluding hydrogens is 432 g/mol. The summed E-state index contributed by atoms with van der Waals surface area (Å²) in [6.45, 7) is 2.57. The Morgan fingerprint density at radius 2 is 1.82 bits per heavy atom. The van der Waals surface area contributed by atoms with Crippen molar-refractivity contribution in [3.63, 3.8) is 0 Å². The molecule has 0 atom stereocenters. The number of nitrogens with zero attached hydrogens (tertiary/aromatic N) is 6. The molecular formula is C24H26N8O2. The lowest BCUT2D eigenvalue weighted by Crippen LogP contribution is -2.37. The van der Waals surface area contributed by atoms with Gasteiger partial charge in [0.2, 0.25) is 5.95 Å². The van der Waals surface area contributed by atoms with E-state index in [0.29, 0.717) is 49.5 Å². The zero-order valence-corrected chi connectivity index (χ0v) is 18.8. The molecule has 1 saturated heterocycles. The van der Waals surface area contributed by atoms with Crippen LogP contribution in [0.2, 0.25) is 0 Å². The first-order valence-electron chi connectivity index (χ1n) is 10.7. The summed E-state index contributed by atoms with van der Waals surface area (Å²) < 4.78 is 10.7. The number of aliphatic imine (C=N–C) groups is 1. The zero-order valence-electron chi connectivity index (χ0n) is 18.8. The van der Waals surface area contributed by atoms with Gasteiger partial charge in [-0.15, -0.1) is 0 Å². The van der Waals surface area contributed by atoms with Crippen molar-refractivity contribution in [3.05, 3.63) is 71.8 Å². The maximum atomic E-state index is 6.26. The van der Waals surface area contributed by atoms with Gasteiger partial charge in [-0.25, -0.2) is 4.99 Å². The van der Waals surface area contributed by atoms with E-state index >= 15 is 0 Å². The van der Waals surface area contributed by atoms with Crippen molar-refractivity contribution in [2.24, 2.45) is 16.5 Å². The Labute approximate surface area is 197 Å². The minimum atomic E-state index is 0.250. The minimum Gasteiger partial charge on any atom is -0.497 e. The van der Waals surface area contributed by atoms with Gasteiger partial charge in [-0.1, -0.05) is 12.1 Å². The summed E-state index contributed by atoms with van der Waals surface area (Å²) in [5.41, 5.74) is 15.1. The fourth-order valence-corrected chi connectivity index (χ4v) is 3.25. The van der Waals surface area contributed by atoms with Crippen LogP contribution in [0.5, 0.6) is 5.75 Å². The van der Waals surface area contributed by atoms with Crippen LogP contribution in [-0.4, -0.2) is 59.6 Å². The van der Waals surface area contributed by atoms with Gasteiger partial charge in [0, 0.05) is 60.3 Å². The molecule has 1 aliphatic rings. The monoisotopic (exact) mass is 458 g/mol. The van der Waals surface area contributed by atoms with Gasteiger partial charge in [-0.05, 0) is 30.3 Å². The summed E-state index contributed by atoms with van der Waals surface area (Å²) in [6.07, 6.45) is 8.30. The van der Waals surface area contributed by atoms with Crippen LogP contribution in [0.15, 0.2) is 59.9 Å². The zero-order chi connectivity index (χ0) is 23.8. The molecule has 34 heavy (non-hydrogen) atoms. The third kappa shape index (κ3) is 5.93. The summed E-state index contributed by atoms with van der Waals surface area (Å²) in [7, 11) is 1.61. The van der Waals surface area contributed by atoms with Crippen LogP contribution in [0.1, 0.15) is 17.0 Å². The molecule has 1 aliphatic heterocycles. The lowest BCUT2D eigenvalue weighted by atomic mass is 10.1. The van der Waals surface area contributed by atoms with Crippen LogP contribution in [0.3, 0.4) is 0 Å². The Morgan fingerprint density at radius 3 is 2.59 bits per heavy atom. The summed E-state index contributed by atoms with van der Waals surface area (Å²) in [5.74, 6) is 1.90. The fourth-order valence-electron chi connectivity index (χ4n) is 3.25. The number of ether oxygens (including phenoxy) is 2. The SMILES string of the molecule is COc1cccc(/C(N)=C/C=N/c2nc(/C=C(\N)c3ccncc3)nc(N3CCOCC3)n2)c1. The molecule has 0 spiro atoms. The Morgan fingerprint density at radius 1 is 1.03 bits per heavy atom. The van der Waals surface area contributed by atoms with Crippen LogP contribution in [-0.2, 0) is 4.74 Å². The maximum absolute atomic E-state index is 6.26. The van der Waals surface area contributed by atoms with E-state index in [2.05, 4.69) is 24.9 Å². The molecule has 1 fully saturated rings. The van der Waals surface area contributed by atoms with Gasteiger partial charge in [0.25, 0.3) is 5.95 Å². The van der Waals surface area contributed by atoms with Crippen molar-refractivity contribution in [3.8, 4) is 5.75 Å². The molecule has 0 unspecified atom stereocenters. The average Bonchev–Trinajstić information content (AvgIpc) is 2.89. The Hall–Kier alpha value is -4.31. The lowest BCUT2D eigenvalue weighted by Gasteiger charge is -2.26. The highest BCUT2D eigenvalue weighted by Gasteiger charge is 2.16. The molecule has 2 aromatic heterocycles.